The molecule has 0 aliphatic carbocycles. The summed E-state index contributed by atoms with van der Waals surface area (Å²) < 4.78 is 0. The van der Waals surface area contributed by atoms with Gasteiger partial charge in [-0.25, -0.2) is 0 Å². The molecule has 2 aromatic rings. The van der Waals surface area contributed by atoms with Crippen molar-refractivity contribution in [1.29, 1.82) is 0 Å². The Balaban J connectivity index is 1.55. The summed E-state index contributed by atoms with van der Waals surface area (Å²) in [6.45, 7) is 6.17. The van der Waals surface area contributed by atoms with Crippen molar-refractivity contribution in [3.05, 3.63) is 29.8 Å². The molecule has 2 aliphatic rings. The van der Waals surface area contributed by atoms with Crippen molar-refractivity contribution in [3.8, 4) is 0 Å². The molecular formula is C20H29N7. The van der Waals surface area contributed by atoms with E-state index in [4.69, 9.17) is 4.98 Å². The lowest BCUT2D eigenvalue weighted by atomic mass is 10.1. The van der Waals surface area contributed by atoms with Crippen LogP contribution in [0.1, 0.15) is 44.1 Å². The first-order valence-corrected chi connectivity index (χ1v) is 10.1. The van der Waals surface area contributed by atoms with E-state index < -0.39 is 0 Å². The predicted octanol–water partition coefficient (Wildman–Crippen LogP) is 3.60. The highest BCUT2D eigenvalue weighted by Gasteiger charge is 2.20. The number of rotatable bonds is 5. The van der Waals surface area contributed by atoms with Gasteiger partial charge < -0.3 is 9.80 Å². The van der Waals surface area contributed by atoms with Gasteiger partial charge >= 0.3 is 0 Å². The molecule has 0 spiro atoms. The maximum atomic E-state index is 4.81. The van der Waals surface area contributed by atoms with E-state index in [0.717, 1.165) is 43.8 Å². The average Bonchev–Trinajstić information content (AvgIpc) is 2.74. The molecule has 0 atom stereocenters. The summed E-state index contributed by atoms with van der Waals surface area (Å²) in [7, 11) is 0. The van der Waals surface area contributed by atoms with E-state index in [1.807, 2.05) is 12.1 Å². The molecule has 2 saturated heterocycles. The molecule has 0 bridgehead atoms. The highest BCUT2D eigenvalue weighted by atomic mass is 15.4. The van der Waals surface area contributed by atoms with Gasteiger partial charge in [0.2, 0.25) is 17.8 Å². The van der Waals surface area contributed by atoms with Crippen molar-refractivity contribution < 1.29 is 0 Å². The number of hydrogen-bond donors (Lipinski definition) is 2. The number of aryl methyl sites for hydroxylation is 1. The fourth-order valence-corrected chi connectivity index (χ4v) is 3.65. The van der Waals surface area contributed by atoms with Crippen LogP contribution in [0.2, 0.25) is 0 Å². The molecule has 144 valence electrons. The minimum atomic E-state index is 0.576. The van der Waals surface area contributed by atoms with Crippen LogP contribution in [0.15, 0.2) is 24.3 Å². The first kappa shape index (κ1) is 17.8. The van der Waals surface area contributed by atoms with Gasteiger partial charge in [-0.3, -0.25) is 10.9 Å². The fourth-order valence-electron chi connectivity index (χ4n) is 3.65. The van der Waals surface area contributed by atoms with Crippen molar-refractivity contribution in [2.45, 2.75) is 45.4 Å². The Bertz CT molecular complexity index is 698. The van der Waals surface area contributed by atoms with Crippen LogP contribution in [-0.2, 0) is 0 Å². The monoisotopic (exact) mass is 367 g/mol. The van der Waals surface area contributed by atoms with Crippen LogP contribution in [0, 0.1) is 6.92 Å². The summed E-state index contributed by atoms with van der Waals surface area (Å²) in [6, 6.07) is 8.24. The zero-order chi connectivity index (χ0) is 18.5. The van der Waals surface area contributed by atoms with Crippen LogP contribution in [0.3, 0.4) is 0 Å². The lowest BCUT2D eigenvalue weighted by Crippen LogP contribution is -2.34. The van der Waals surface area contributed by atoms with Crippen molar-refractivity contribution in [2.24, 2.45) is 0 Å². The largest absolute Gasteiger partial charge is 0.341 e. The van der Waals surface area contributed by atoms with Crippen molar-refractivity contribution in [3.63, 3.8) is 0 Å². The molecule has 0 radical (unpaired) electrons. The van der Waals surface area contributed by atoms with E-state index in [9.17, 15) is 0 Å². The molecule has 4 rings (SSSR count). The molecule has 2 fully saturated rings. The number of nitrogens with one attached hydrogen (secondary N) is 2. The minimum Gasteiger partial charge on any atom is -0.341 e. The van der Waals surface area contributed by atoms with Gasteiger partial charge in [-0.05, 0) is 57.6 Å². The van der Waals surface area contributed by atoms with E-state index in [1.54, 1.807) is 0 Å². The molecule has 0 amide bonds. The number of benzene rings is 1. The Morgan fingerprint density at radius 3 is 1.70 bits per heavy atom. The van der Waals surface area contributed by atoms with Crippen LogP contribution in [0.4, 0.5) is 23.5 Å². The SMILES string of the molecule is Cc1ccc(NNc2nc(N3CCCCC3)nc(N3CCCCC3)n2)cc1. The molecule has 0 unspecified atom stereocenters. The van der Waals surface area contributed by atoms with E-state index in [1.165, 1.54) is 44.1 Å². The normalized spacial score (nSPS) is 17.7. The maximum absolute atomic E-state index is 4.81. The van der Waals surface area contributed by atoms with E-state index in [-0.39, 0.29) is 0 Å². The molecule has 2 N–H and O–H groups in total. The van der Waals surface area contributed by atoms with E-state index >= 15 is 0 Å². The third kappa shape index (κ3) is 4.59. The highest BCUT2D eigenvalue weighted by Crippen LogP contribution is 2.22. The van der Waals surface area contributed by atoms with Crippen LogP contribution < -0.4 is 20.7 Å². The first-order valence-electron chi connectivity index (χ1n) is 10.1. The lowest BCUT2D eigenvalue weighted by molar-refractivity contribution is 0.556. The van der Waals surface area contributed by atoms with Gasteiger partial charge in [0.25, 0.3) is 0 Å². The molecule has 2 aliphatic heterocycles. The number of nitrogens with zero attached hydrogens (tertiary/aromatic N) is 5. The minimum absolute atomic E-state index is 0.576. The summed E-state index contributed by atoms with van der Waals surface area (Å²) in [5.41, 5.74) is 8.61. The third-order valence-electron chi connectivity index (χ3n) is 5.26. The van der Waals surface area contributed by atoms with Gasteiger partial charge in [-0.15, -0.1) is 0 Å². The summed E-state index contributed by atoms with van der Waals surface area (Å²) in [4.78, 5) is 18.8. The Hall–Kier alpha value is -2.57. The molecule has 0 saturated carbocycles. The molecule has 7 nitrogen and oxygen atoms in total. The quantitative estimate of drug-likeness (QED) is 0.783. The number of anilines is 4. The van der Waals surface area contributed by atoms with Crippen LogP contribution in [-0.4, -0.2) is 41.1 Å². The maximum Gasteiger partial charge on any atom is 0.248 e. The van der Waals surface area contributed by atoms with Crippen molar-refractivity contribution in [1.82, 2.24) is 15.0 Å². The van der Waals surface area contributed by atoms with Crippen LogP contribution in [0.5, 0.6) is 0 Å². The second kappa shape index (κ2) is 8.41. The number of piperidine rings is 2. The van der Waals surface area contributed by atoms with E-state index in [2.05, 4.69) is 49.7 Å². The lowest BCUT2D eigenvalue weighted by Gasteiger charge is -2.30. The number of hydrogen-bond acceptors (Lipinski definition) is 7. The van der Waals surface area contributed by atoms with Gasteiger partial charge in [-0.1, -0.05) is 17.7 Å². The summed E-state index contributed by atoms with van der Waals surface area (Å²) >= 11 is 0. The molecule has 27 heavy (non-hydrogen) atoms. The second-order valence-electron chi connectivity index (χ2n) is 7.47. The van der Waals surface area contributed by atoms with Gasteiger partial charge in [-0.2, -0.15) is 15.0 Å². The molecular weight excluding hydrogens is 338 g/mol. The molecule has 7 heteroatoms. The fraction of sp³-hybridized carbons (Fsp3) is 0.550. The number of aromatic nitrogens is 3. The topological polar surface area (TPSA) is 69.2 Å². The molecule has 1 aromatic carbocycles. The first-order chi connectivity index (χ1) is 13.3. The van der Waals surface area contributed by atoms with Crippen LogP contribution in [0.25, 0.3) is 0 Å². The standard InChI is InChI=1S/C20H29N7/c1-16-8-10-17(11-9-16)24-25-18-21-19(26-12-4-2-5-13-26)23-20(22-18)27-14-6-3-7-15-27/h8-11,24H,2-7,12-15H2,1H3,(H,21,22,23,25). The zero-order valence-corrected chi connectivity index (χ0v) is 16.1. The highest BCUT2D eigenvalue weighted by molar-refractivity contribution is 5.51. The Morgan fingerprint density at radius 2 is 1.19 bits per heavy atom. The summed E-state index contributed by atoms with van der Waals surface area (Å²) in [5, 5.41) is 0. The zero-order valence-electron chi connectivity index (χ0n) is 16.1. The van der Waals surface area contributed by atoms with Crippen molar-refractivity contribution in [2.75, 3.05) is 46.8 Å². The molecule has 3 heterocycles. The van der Waals surface area contributed by atoms with Gasteiger partial charge in [0.1, 0.15) is 0 Å². The van der Waals surface area contributed by atoms with E-state index in [0.29, 0.717) is 5.95 Å². The van der Waals surface area contributed by atoms with Crippen LogP contribution >= 0.6 is 0 Å². The Morgan fingerprint density at radius 1 is 0.667 bits per heavy atom. The predicted molar refractivity (Wildman–Crippen MR) is 110 cm³/mol. The van der Waals surface area contributed by atoms with Crippen molar-refractivity contribution >= 4 is 23.5 Å². The number of hydrazine groups is 1. The smallest absolute Gasteiger partial charge is 0.248 e. The summed E-state index contributed by atoms with van der Waals surface area (Å²) in [5.74, 6) is 2.16. The second-order valence-corrected chi connectivity index (χ2v) is 7.47. The van der Waals surface area contributed by atoms with Gasteiger partial charge in [0, 0.05) is 26.2 Å². The Kier molecular flexibility index (Phi) is 5.55. The summed E-state index contributed by atoms with van der Waals surface area (Å²) in [6.07, 6.45) is 7.40. The van der Waals surface area contributed by atoms with Gasteiger partial charge in [0.15, 0.2) is 0 Å². The van der Waals surface area contributed by atoms with Gasteiger partial charge in [0.05, 0.1) is 5.69 Å². The molecule has 1 aromatic heterocycles. The average molecular weight is 368 g/mol. The Labute approximate surface area is 161 Å². The third-order valence-corrected chi connectivity index (χ3v) is 5.26.